The van der Waals surface area contributed by atoms with E-state index in [2.05, 4.69) is 23.7 Å². The highest BCUT2D eigenvalue weighted by Gasteiger charge is 2.07. The first-order valence-corrected chi connectivity index (χ1v) is 7.97. The SMILES string of the molecule is CCN(CC)c1ccc(C=Nc2ccc(OC)cc2OC)c(O)c1. The van der Waals surface area contributed by atoms with Gasteiger partial charge < -0.3 is 19.5 Å². The number of benzene rings is 2. The number of rotatable bonds is 7. The van der Waals surface area contributed by atoms with E-state index in [4.69, 9.17) is 9.47 Å². The molecule has 0 aliphatic carbocycles. The molecular formula is C19H24N2O3. The summed E-state index contributed by atoms with van der Waals surface area (Å²) in [6.07, 6.45) is 1.63. The van der Waals surface area contributed by atoms with E-state index in [1.807, 2.05) is 24.3 Å². The average Bonchev–Trinajstić information content (AvgIpc) is 2.62. The summed E-state index contributed by atoms with van der Waals surface area (Å²) in [7, 11) is 3.19. The van der Waals surface area contributed by atoms with Crippen LogP contribution in [0.5, 0.6) is 17.2 Å². The van der Waals surface area contributed by atoms with E-state index >= 15 is 0 Å². The second-order valence-electron chi connectivity index (χ2n) is 5.21. The molecule has 0 saturated heterocycles. The van der Waals surface area contributed by atoms with E-state index in [0.29, 0.717) is 22.7 Å². The van der Waals surface area contributed by atoms with Crippen LogP contribution >= 0.6 is 0 Å². The first-order valence-electron chi connectivity index (χ1n) is 7.97. The maximum absolute atomic E-state index is 10.2. The van der Waals surface area contributed by atoms with E-state index in [9.17, 15) is 5.11 Å². The number of nitrogens with zero attached hydrogens (tertiary/aromatic N) is 2. The summed E-state index contributed by atoms with van der Waals surface area (Å²) < 4.78 is 10.5. The number of phenols is 1. The molecule has 0 fully saturated rings. The zero-order valence-electron chi connectivity index (χ0n) is 14.6. The molecule has 0 saturated carbocycles. The summed E-state index contributed by atoms with van der Waals surface area (Å²) in [6.45, 7) is 5.97. The smallest absolute Gasteiger partial charge is 0.148 e. The van der Waals surface area contributed by atoms with Crippen LogP contribution in [0.4, 0.5) is 11.4 Å². The quantitative estimate of drug-likeness (QED) is 0.780. The summed E-state index contributed by atoms with van der Waals surface area (Å²) in [5.41, 5.74) is 2.32. The number of aromatic hydroxyl groups is 1. The van der Waals surface area contributed by atoms with Crippen molar-refractivity contribution in [3.05, 3.63) is 42.0 Å². The zero-order chi connectivity index (χ0) is 17.5. The van der Waals surface area contributed by atoms with Crippen LogP contribution in [0.1, 0.15) is 19.4 Å². The number of hydrogen-bond donors (Lipinski definition) is 1. The predicted molar refractivity (Wildman–Crippen MR) is 98.5 cm³/mol. The molecule has 0 heterocycles. The van der Waals surface area contributed by atoms with Gasteiger partial charge in [-0.15, -0.1) is 0 Å². The number of phenolic OH excluding ortho intramolecular Hbond substituents is 1. The Morgan fingerprint density at radius 2 is 1.79 bits per heavy atom. The van der Waals surface area contributed by atoms with E-state index in [0.717, 1.165) is 18.8 Å². The highest BCUT2D eigenvalue weighted by atomic mass is 16.5. The molecule has 0 aliphatic heterocycles. The van der Waals surface area contributed by atoms with Crippen LogP contribution in [-0.2, 0) is 0 Å². The Morgan fingerprint density at radius 1 is 1.04 bits per heavy atom. The summed E-state index contributed by atoms with van der Waals surface area (Å²) in [6, 6.07) is 11.0. The van der Waals surface area contributed by atoms with E-state index in [-0.39, 0.29) is 5.75 Å². The van der Waals surface area contributed by atoms with Gasteiger partial charge in [0.1, 0.15) is 22.9 Å². The van der Waals surface area contributed by atoms with Crippen molar-refractivity contribution < 1.29 is 14.6 Å². The Morgan fingerprint density at radius 3 is 2.38 bits per heavy atom. The summed E-state index contributed by atoms with van der Waals surface area (Å²) in [5.74, 6) is 1.53. The van der Waals surface area contributed by atoms with Crippen LogP contribution in [0, 0.1) is 0 Å². The van der Waals surface area contributed by atoms with Gasteiger partial charge in [0.15, 0.2) is 0 Å². The highest BCUT2D eigenvalue weighted by Crippen LogP contribution is 2.32. The van der Waals surface area contributed by atoms with Gasteiger partial charge >= 0.3 is 0 Å². The lowest BCUT2D eigenvalue weighted by molar-refractivity contribution is 0.395. The Balaban J connectivity index is 2.26. The van der Waals surface area contributed by atoms with Crippen molar-refractivity contribution in [3.63, 3.8) is 0 Å². The molecule has 2 aromatic rings. The third kappa shape index (κ3) is 3.98. The average molecular weight is 328 g/mol. The summed E-state index contributed by atoms with van der Waals surface area (Å²) in [4.78, 5) is 6.59. The lowest BCUT2D eigenvalue weighted by Gasteiger charge is -2.21. The number of anilines is 1. The molecule has 24 heavy (non-hydrogen) atoms. The molecule has 2 aromatic carbocycles. The van der Waals surface area contributed by atoms with Gasteiger partial charge in [-0.3, -0.25) is 4.99 Å². The number of ether oxygens (including phenoxy) is 2. The number of aliphatic imine (C=N–C) groups is 1. The third-order valence-electron chi connectivity index (χ3n) is 3.87. The molecule has 0 aliphatic rings. The second-order valence-corrected chi connectivity index (χ2v) is 5.21. The van der Waals surface area contributed by atoms with Crippen molar-refractivity contribution in [2.45, 2.75) is 13.8 Å². The molecule has 0 unspecified atom stereocenters. The Bertz CT molecular complexity index is 710. The maximum Gasteiger partial charge on any atom is 0.148 e. The molecular weight excluding hydrogens is 304 g/mol. The van der Waals surface area contributed by atoms with Gasteiger partial charge in [0.25, 0.3) is 0 Å². The first kappa shape index (κ1) is 17.7. The summed E-state index contributed by atoms with van der Waals surface area (Å²) in [5, 5.41) is 10.2. The molecule has 5 nitrogen and oxygen atoms in total. The van der Waals surface area contributed by atoms with Crippen LogP contribution < -0.4 is 14.4 Å². The van der Waals surface area contributed by atoms with Gasteiger partial charge in [0.05, 0.1) is 14.2 Å². The van der Waals surface area contributed by atoms with Crippen LogP contribution in [0.3, 0.4) is 0 Å². The minimum Gasteiger partial charge on any atom is -0.507 e. The molecule has 0 bridgehead atoms. The van der Waals surface area contributed by atoms with Gasteiger partial charge in [0, 0.05) is 42.7 Å². The minimum absolute atomic E-state index is 0.204. The molecule has 0 atom stereocenters. The number of methoxy groups -OCH3 is 2. The van der Waals surface area contributed by atoms with Crippen LogP contribution in [-0.4, -0.2) is 38.6 Å². The normalized spacial score (nSPS) is 10.8. The standard InChI is InChI=1S/C19H24N2O3/c1-5-21(6-2)15-8-7-14(18(22)11-15)13-20-17-10-9-16(23-3)12-19(17)24-4/h7-13,22H,5-6H2,1-4H3. The van der Waals surface area contributed by atoms with Crippen molar-refractivity contribution in [2.75, 3.05) is 32.2 Å². The van der Waals surface area contributed by atoms with Crippen molar-refractivity contribution in [3.8, 4) is 17.2 Å². The Labute approximate surface area is 143 Å². The Kier molecular flexibility index (Phi) is 6.07. The monoisotopic (exact) mass is 328 g/mol. The lowest BCUT2D eigenvalue weighted by atomic mass is 10.1. The fourth-order valence-electron chi connectivity index (χ4n) is 2.46. The second kappa shape index (κ2) is 8.24. The van der Waals surface area contributed by atoms with E-state index in [1.54, 1.807) is 32.6 Å². The van der Waals surface area contributed by atoms with Gasteiger partial charge in [-0.1, -0.05) is 0 Å². The largest absolute Gasteiger partial charge is 0.507 e. The fraction of sp³-hybridized carbons (Fsp3) is 0.316. The molecule has 0 aromatic heterocycles. The van der Waals surface area contributed by atoms with Crippen LogP contribution in [0.2, 0.25) is 0 Å². The van der Waals surface area contributed by atoms with E-state index in [1.165, 1.54) is 0 Å². The van der Waals surface area contributed by atoms with Crippen LogP contribution in [0.15, 0.2) is 41.4 Å². The highest BCUT2D eigenvalue weighted by molar-refractivity contribution is 5.87. The Hall–Kier alpha value is -2.69. The number of hydrogen-bond acceptors (Lipinski definition) is 5. The first-order chi connectivity index (χ1) is 11.6. The molecule has 0 amide bonds. The third-order valence-corrected chi connectivity index (χ3v) is 3.87. The van der Waals surface area contributed by atoms with Crippen molar-refractivity contribution in [1.82, 2.24) is 0 Å². The topological polar surface area (TPSA) is 54.3 Å². The molecule has 0 spiro atoms. The molecule has 5 heteroatoms. The maximum atomic E-state index is 10.2. The van der Waals surface area contributed by atoms with Crippen molar-refractivity contribution in [1.29, 1.82) is 0 Å². The lowest BCUT2D eigenvalue weighted by Crippen LogP contribution is -2.21. The molecule has 128 valence electrons. The van der Waals surface area contributed by atoms with Crippen molar-refractivity contribution >= 4 is 17.6 Å². The van der Waals surface area contributed by atoms with Gasteiger partial charge in [-0.05, 0) is 38.1 Å². The predicted octanol–water partition coefficient (Wildman–Crippen LogP) is 4.01. The van der Waals surface area contributed by atoms with Crippen LogP contribution in [0.25, 0.3) is 0 Å². The minimum atomic E-state index is 0.204. The van der Waals surface area contributed by atoms with Gasteiger partial charge in [-0.2, -0.15) is 0 Å². The summed E-state index contributed by atoms with van der Waals surface area (Å²) >= 11 is 0. The zero-order valence-corrected chi connectivity index (χ0v) is 14.6. The molecule has 2 rings (SSSR count). The van der Waals surface area contributed by atoms with Crippen molar-refractivity contribution in [2.24, 2.45) is 4.99 Å². The molecule has 0 radical (unpaired) electrons. The van der Waals surface area contributed by atoms with Gasteiger partial charge in [0.2, 0.25) is 0 Å². The van der Waals surface area contributed by atoms with E-state index < -0.39 is 0 Å². The van der Waals surface area contributed by atoms with Gasteiger partial charge in [-0.25, -0.2) is 0 Å². The molecule has 1 N–H and O–H groups in total. The fourth-order valence-corrected chi connectivity index (χ4v) is 2.46.